The fraction of sp³-hybridized carbons (Fsp3) is 0.520. The topological polar surface area (TPSA) is 91.0 Å². The van der Waals surface area contributed by atoms with Gasteiger partial charge in [-0.2, -0.15) is 5.10 Å². The number of H-pyrrole nitrogens is 1. The molecular weight excluding hydrogens is 434 g/mol. The van der Waals surface area contributed by atoms with Gasteiger partial charge in [-0.1, -0.05) is 29.5 Å². The lowest BCUT2D eigenvalue weighted by atomic mass is 9.49. The number of carbonyl (C=O) groups is 1. The minimum atomic E-state index is -0.128. The summed E-state index contributed by atoms with van der Waals surface area (Å²) in [7, 11) is 0. The molecule has 3 heterocycles. The van der Waals surface area contributed by atoms with Gasteiger partial charge >= 0.3 is 0 Å². The van der Waals surface area contributed by atoms with Gasteiger partial charge in [-0.05, 0) is 63.4 Å². The molecule has 7 nitrogen and oxygen atoms in total. The number of anilines is 1. The number of rotatable bonds is 4. The van der Waals surface area contributed by atoms with Crippen LogP contribution in [0.25, 0.3) is 10.8 Å². The summed E-state index contributed by atoms with van der Waals surface area (Å²) >= 11 is 1.54. The Morgan fingerprint density at radius 1 is 1.12 bits per heavy atom. The van der Waals surface area contributed by atoms with Gasteiger partial charge in [0.1, 0.15) is 4.88 Å². The molecule has 2 N–H and O–H groups in total. The van der Waals surface area contributed by atoms with Gasteiger partial charge < -0.3 is 10.2 Å². The summed E-state index contributed by atoms with van der Waals surface area (Å²) in [5.74, 6) is 0.400. The largest absolute Gasteiger partial charge is 0.349 e. The van der Waals surface area contributed by atoms with Crippen LogP contribution in [0.1, 0.15) is 71.9 Å². The summed E-state index contributed by atoms with van der Waals surface area (Å²) in [6.07, 6.45) is 7.88. The lowest BCUT2D eigenvalue weighted by Crippen LogP contribution is -2.55. The number of carbonyl (C=O) groups excluding carboxylic acids is 1. The second-order valence-corrected chi connectivity index (χ2v) is 11.1. The van der Waals surface area contributed by atoms with Crippen molar-refractivity contribution in [2.45, 2.75) is 63.8 Å². The lowest BCUT2D eigenvalue weighted by Gasteiger charge is -2.57. The Morgan fingerprint density at radius 3 is 2.61 bits per heavy atom. The van der Waals surface area contributed by atoms with Gasteiger partial charge in [0.05, 0.1) is 16.8 Å². The second kappa shape index (κ2) is 7.94. The van der Waals surface area contributed by atoms with Gasteiger partial charge in [-0.15, -0.1) is 0 Å². The molecule has 6 rings (SSSR count). The van der Waals surface area contributed by atoms with E-state index in [9.17, 15) is 9.59 Å². The van der Waals surface area contributed by atoms with Crippen molar-refractivity contribution in [2.75, 3.05) is 18.0 Å². The third-order valence-corrected chi connectivity index (χ3v) is 9.00. The summed E-state index contributed by atoms with van der Waals surface area (Å²) in [4.78, 5) is 32.8. The van der Waals surface area contributed by atoms with Gasteiger partial charge in [0.25, 0.3) is 11.5 Å². The van der Waals surface area contributed by atoms with E-state index >= 15 is 0 Å². The fourth-order valence-electron chi connectivity index (χ4n) is 6.11. The number of aromatic amines is 1. The van der Waals surface area contributed by atoms with E-state index in [1.54, 1.807) is 0 Å². The molecule has 1 spiro atoms. The van der Waals surface area contributed by atoms with Gasteiger partial charge in [-0.3, -0.25) is 9.59 Å². The summed E-state index contributed by atoms with van der Waals surface area (Å²) in [5.41, 5.74) is 2.03. The number of benzene rings is 1. The number of aromatic nitrogens is 3. The van der Waals surface area contributed by atoms with Gasteiger partial charge in [0.15, 0.2) is 5.13 Å². The minimum Gasteiger partial charge on any atom is -0.349 e. The molecule has 33 heavy (non-hydrogen) atoms. The maximum atomic E-state index is 12.9. The maximum absolute atomic E-state index is 12.9. The van der Waals surface area contributed by atoms with E-state index in [4.69, 9.17) is 0 Å². The second-order valence-electron chi connectivity index (χ2n) is 10.1. The highest BCUT2D eigenvalue weighted by Crippen LogP contribution is 2.62. The van der Waals surface area contributed by atoms with Crippen molar-refractivity contribution in [1.29, 1.82) is 0 Å². The van der Waals surface area contributed by atoms with Crippen molar-refractivity contribution in [3.63, 3.8) is 0 Å². The van der Waals surface area contributed by atoms with Crippen molar-refractivity contribution in [1.82, 2.24) is 20.5 Å². The number of aryl methyl sites for hydroxylation is 1. The molecule has 2 saturated carbocycles. The summed E-state index contributed by atoms with van der Waals surface area (Å²) in [5, 5.41) is 13.0. The monoisotopic (exact) mass is 463 g/mol. The molecule has 2 aliphatic carbocycles. The van der Waals surface area contributed by atoms with Crippen LogP contribution in [0, 0.1) is 12.3 Å². The molecule has 0 atom stereocenters. The van der Waals surface area contributed by atoms with E-state index in [0.717, 1.165) is 65.6 Å². The van der Waals surface area contributed by atoms with E-state index in [2.05, 4.69) is 25.4 Å². The Kier molecular flexibility index (Phi) is 5.01. The summed E-state index contributed by atoms with van der Waals surface area (Å²) < 4.78 is 0. The molecule has 3 aliphatic rings. The van der Waals surface area contributed by atoms with Crippen molar-refractivity contribution < 1.29 is 4.79 Å². The van der Waals surface area contributed by atoms with Crippen LogP contribution in [0.5, 0.6) is 0 Å². The Balaban J connectivity index is 1.07. The van der Waals surface area contributed by atoms with Crippen LogP contribution in [-0.2, 0) is 0 Å². The average Bonchev–Trinajstić information content (AvgIpc) is 3.18. The van der Waals surface area contributed by atoms with E-state index in [1.165, 1.54) is 30.6 Å². The molecule has 0 radical (unpaired) electrons. The first-order chi connectivity index (χ1) is 16.0. The van der Waals surface area contributed by atoms with E-state index in [-0.39, 0.29) is 17.5 Å². The fourth-order valence-corrected chi connectivity index (χ4v) is 7.13. The highest BCUT2D eigenvalue weighted by Gasteiger charge is 2.54. The molecule has 3 fully saturated rings. The van der Waals surface area contributed by atoms with Gasteiger partial charge in [-0.25, -0.2) is 10.1 Å². The van der Waals surface area contributed by atoms with Crippen LogP contribution in [0.4, 0.5) is 5.13 Å². The number of nitrogens with zero attached hydrogens (tertiary/aromatic N) is 3. The van der Waals surface area contributed by atoms with E-state index < -0.39 is 0 Å². The van der Waals surface area contributed by atoms with E-state index in [0.29, 0.717) is 16.7 Å². The number of nitrogens with one attached hydrogen (secondary N) is 2. The highest BCUT2D eigenvalue weighted by atomic mass is 32.1. The average molecular weight is 464 g/mol. The quantitative estimate of drug-likeness (QED) is 0.607. The first kappa shape index (κ1) is 20.8. The maximum Gasteiger partial charge on any atom is 0.272 e. The number of piperidine rings is 1. The van der Waals surface area contributed by atoms with Crippen LogP contribution in [0.15, 0.2) is 29.1 Å². The zero-order valence-corrected chi connectivity index (χ0v) is 19.7. The Hall–Kier alpha value is -2.74. The Morgan fingerprint density at radius 2 is 1.85 bits per heavy atom. The van der Waals surface area contributed by atoms with Crippen molar-refractivity contribution >= 4 is 33.1 Å². The Bertz CT molecular complexity index is 1260. The van der Waals surface area contributed by atoms with Crippen molar-refractivity contribution in [3.05, 3.63) is 50.9 Å². The van der Waals surface area contributed by atoms with Crippen molar-refractivity contribution in [3.8, 4) is 0 Å². The SMILES string of the molecule is Cc1nc(N2CCCCC2)sc1C(=O)NC1CC2(C1)CC(c1n[nH]c(=O)c3ccccc13)C2. The van der Waals surface area contributed by atoms with Gasteiger partial charge in [0, 0.05) is 30.4 Å². The molecular formula is C25H29N5O2S. The molecule has 0 unspecified atom stereocenters. The van der Waals surface area contributed by atoms with Crippen LogP contribution in [0.2, 0.25) is 0 Å². The first-order valence-electron chi connectivity index (χ1n) is 12.0. The van der Waals surface area contributed by atoms with E-state index in [1.807, 2.05) is 31.2 Å². The first-order valence-corrected chi connectivity index (χ1v) is 12.8. The van der Waals surface area contributed by atoms with Crippen LogP contribution in [-0.4, -0.2) is 40.2 Å². The number of fused-ring (bicyclic) bond motifs is 1. The molecule has 1 aliphatic heterocycles. The molecule has 2 aromatic heterocycles. The molecule has 1 aromatic carbocycles. The smallest absolute Gasteiger partial charge is 0.272 e. The third kappa shape index (κ3) is 3.64. The van der Waals surface area contributed by atoms with Gasteiger partial charge in [0.2, 0.25) is 0 Å². The molecule has 172 valence electrons. The highest BCUT2D eigenvalue weighted by molar-refractivity contribution is 7.17. The number of amides is 1. The van der Waals surface area contributed by atoms with Crippen LogP contribution in [0.3, 0.4) is 0 Å². The minimum absolute atomic E-state index is 0.0253. The molecule has 3 aromatic rings. The zero-order chi connectivity index (χ0) is 22.6. The summed E-state index contributed by atoms with van der Waals surface area (Å²) in [6, 6.07) is 7.95. The standard InChI is InChI=1S/C25H29N5O2S/c1-15-21(33-24(26-15)30-9-5-2-6-10-30)23(32)27-17-13-25(14-17)11-16(12-25)20-18-7-3-4-8-19(18)22(31)29-28-20/h3-4,7-8,16-17H,2,5-6,9-14H2,1H3,(H,27,32)(H,29,31). The normalized spacial score (nSPS) is 26.8. The number of hydrogen-bond donors (Lipinski definition) is 2. The molecule has 8 heteroatoms. The molecule has 1 saturated heterocycles. The third-order valence-electron chi connectivity index (χ3n) is 7.78. The summed E-state index contributed by atoms with van der Waals surface area (Å²) in [6.45, 7) is 4.03. The lowest BCUT2D eigenvalue weighted by molar-refractivity contribution is -0.0196. The zero-order valence-electron chi connectivity index (χ0n) is 18.9. The molecule has 0 bridgehead atoms. The Labute approximate surface area is 196 Å². The van der Waals surface area contributed by atoms with Crippen molar-refractivity contribution in [2.24, 2.45) is 5.41 Å². The number of hydrogen-bond acceptors (Lipinski definition) is 6. The predicted molar refractivity (Wildman–Crippen MR) is 130 cm³/mol. The van der Waals surface area contributed by atoms with Crippen LogP contribution < -0.4 is 15.8 Å². The number of thiazole rings is 1. The predicted octanol–water partition coefficient (Wildman–Crippen LogP) is 4.13. The van der Waals surface area contributed by atoms with Crippen LogP contribution >= 0.6 is 11.3 Å². The molecule has 1 amide bonds.